The van der Waals surface area contributed by atoms with Gasteiger partial charge < -0.3 is 4.74 Å². The van der Waals surface area contributed by atoms with Gasteiger partial charge in [-0.25, -0.2) is 8.42 Å². The molecule has 7 heteroatoms. The summed E-state index contributed by atoms with van der Waals surface area (Å²) in [5.74, 6) is -0.396. The van der Waals surface area contributed by atoms with Gasteiger partial charge in [-0.15, -0.1) is 0 Å². The van der Waals surface area contributed by atoms with Gasteiger partial charge in [0.25, 0.3) is 0 Å². The van der Waals surface area contributed by atoms with Crippen molar-refractivity contribution >= 4 is 31.9 Å². The number of nitrogens with zero attached hydrogens (tertiary/aromatic N) is 1. The molecule has 2 fully saturated rings. The molecule has 21 heavy (non-hydrogen) atoms. The van der Waals surface area contributed by atoms with Crippen LogP contribution in [0.5, 0.6) is 0 Å². The van der Waals surface area contributed by atoms with Crippen molar-refractivity contribution < 1.29 is 17.9 Å². The summed E-state index contributed by atoms with van der Waals surface area (Å²) in [7, 11) is -3.69. The Labute approximate surface area is 132 Å². The monoisotopic (exact) mass is 373 g/mol. The summed E-state index contributed by atoms with van der Waals surface area (Å²) in [6.45, 7) is 0.348. The molecule has 0 radical (unpaired) electrons. The van der Waals surface area contributed by atoms with E-state index in [4.69, 9.17) is 4.74 Å². The number of carbonyl (C=O) groups excluding carboxylic acids is 1. The molecule has 3 rings (SSSR count). The number of cyclic esters (lactones) is 1. The average molecular weight is 374 g/mol. The van der Waals surface area contributed by atoms with E-state index in [1.165, 1.54) is 4.31 Å². The van der Waals surface area contributed by atoms with Gasteiger partial charge in [-0.3, -0.25) is 4.79 Å². The van der Waals surface area contributed by atoms with Crippen LogP contribution in [0.2, 0.25) is 0 Å². The summed E-state index contributed by atoms with van der Waals surface area (Å²) in [6, 6.07) is 6.50. The number of ether oxygens (including phenoxy) is 1. The lowest BCUT2D eigenvalue weighted by Crippen LogP contribution is -2.60. The molecule has 1 aliphatic heterocycles. The van der Waals surface area contributed by atoms with E-state index in [0.29, 0.717) is 12.8 Å². The first-order chi connectivity index (χ1) is 9.97. The topological polar surface area (TPSA) is 63.7 Å². The maximum atomic E-state index is 12.9. The Morgan fingerprint density at radius 3 is 2.38 bits per heavy atom. The van der Waals surface area contributed by atoms with Crippen molar-refractivity contribution in [3.05, 3.63) is 28.7 Å². The summed E-state index contributed by atoms with van der Waals surface area (Å²) in [4.78, 5) is 12.4. The normalized spacial score (nSPS) is 22.4. The molecular formula is C14H16BrNO4S. The number of hydrogen-bond donors (Lipinski definition) is 0. The van der Waals surface area contributed by atoms with Crippen LogP contribution >= 0.6 is 15.9 Å². The molecule has 0 aromatic heterocycles. The van der Waals surface area contributed by atoms with Crippen LogP contribution in [0.4, 0.5) is 0 Å². The number of morpholine rings is 1. The molecule has 1 aromatic rings. The lowest BCUT2D eigenvalue weighted by atomic mass is 9.97. The van der Waals surface area contributed by atoms with E-state index >= 15 is 0 Å². The molecule has 1 aliphatic carbocycles. The van der Waals surface area contributed by atoms with Crippen molar-refractivity contribution in [2.45, 2.75) is 36.1 Å². The quantitative estimate of drug-likeness (QED) is 0.746. The lowest BCUT2D eigenvalue weighted by Gasteiger charge is -2.41. The predicted molar refractivity (Wildman–Crippen MR) is 80.2 cm³/mol. The summed E-state index contributed by atoms with van der Waals surface area (Å²) in [5, 5.41) is 0. The van der Waals surface area contributed by atoms with E-state index < -0.39 is 21.5 Å². The summed E-state index contributed by atoms with van der Waals surface area (Å²) < 4.78 is 33.1. The van der Waals surface area contributed by atoms with E-state index in [0.717, 1.165) is 17.3 Å². The molecule has 1 spiro atoms. The molecule has 1 saturated heterocycles. The van der Waals surface area contributed by atoms with Crippen molar-refractivity contribution in [2.24, 2.45) is 0 Å². The van der Waals surface area contributed by atoms with Gasteiger partial charge in [0.05, 0.1) is 4.90 Å². The number of benzene rings is 1. The first-order valence-corrected chi connectivity index (χ1v) is 9.16. The van der Waals surface area contributed by atoms with Gasteiger partial charge in [0.1, 0.15) is 12.1 Å². The zero-order valence-corrected chi connectivity index (χ0v) is 13.8. The molecular weight excluding hydrogens is 358 g/mol. The van der Waals surface area contributed by atoms with Crippen LogP contribution in [-0.2, 0) is 19.6 Å². The zero-order chi connectivity index (χ0) is 15.1. The fourth-order valence-electron chi connectivity index (χ4n) is 3.17. The highest BCUT2D eigenvalue weighted by Crippen LogP contribution is 2.41. The van der Waals surface area contributed by atoms with Gasteiger partial charge in [0, 0.05) is 11.0 Å². The Morgan fingerprint density at radius 1 is 1.14 bits per heavy atom. The maximum absolute atomic E-state index is 12.9. The van der Waals surface area contributed by atoms with Crippen LogP contribution < -0.4 is 0 Å². The second kappa shape index (κ2) is 5.37. The van der Waals surface area contributed by atoms with E-state index in [9.17, 15) is 13.2 Å². The highest BCUT2D eigenvalue weighted by Gasteiger charge is 2.54. The fraction of sp³-hybridized carbons (Fsp3) is 0.500. The van der Waals surface area contributed by atoms with Crippen LogP contribution in [0.15, 0.2) is 33.6 Å². The molecule has 0 bridgehead atoms. The Hall–Kier alpha value is -0.920. The van der Waals surface area contributed by atoms with Gasteiger partial charge in [-0.2, -0.15) is 4.31 Å². The molecule has 5 nitrogen and oxygen atoms in total. The maximum Gasteiger partial charge on any atom is 0.327 e. The van der Waals surface area contributed by atoms with Gasteiger partial charge in [-0.1, -0.05) is 28.8 Å². The van der Waals surface area contributed by atoms with Crippen LogP contribution in [-0.4, -0.2) is 37.4 Å². The van der Waals surface area contributed by atoms with Crippen molar-refractivity contribution in [1.29, 1.82) is 0 Å². The van der Waals surface area contributed by atoms with Crippen LogP contribution in [0.1, 0.15) is 25.7 Å². The Bertz CT molecular complexity index is 650. The number of carbonyl (C=O) groups is 1. The van der Waals surface area contributed by atoms with E-state index in [2.05, 4.69) is 15.9 Å². The first-order valence-electron chi connectivity index (χ1n) is 6.92. The molecule has 0 N–H and O–H groups in total. The Kier molecular flexibility index (Phi) is 3.83. The molecule has 1 aromatic carbocycles. The molecule has 0 amide bonds. The van der Waals surface area contributed by atoms with E-state index in [-0.39, 0.29) is 18.0 Å². The van der Waals surface area contributed by atoms with Crippen molar-refractivity contribution in [2.75, 3.05) is 13.2 Å². The number of halogens is 1. The second-order valence-corrected chi connectivity index (χ2v) is 8.18. The molecule has 0 unspecified atom stereocenters. The molecule has 1 heterocycles. The highest BCUT2D eigenvalue weighted by atomic mass is 79.9. The zero-order valence-electron chi connectivity index (χ0n) is 11.4. The van der Waals surface area contributed by atoms with Crippen molar-refractivity contribution in [3.8, 4) is 0 Å². The smallest absolute Gasteiger partial charge is 0.327 e. The third-order valence-electron chi connectivity index (χ3n) is 4.22. The van der Waals surface area contributed by atoms with E-state index in [1.807, 2.05) is 0 Å². The third-order valence-corrected chi connectivity index (χ3v) is 6.73. The van der Waals surface area contributed by atoms with Crippen molar-refractivity contribution in [3.63, 3.8) is 0 Å². The number of sulfonamides is 1. The summed E-state index contributed by atoms with van der Waals surface area (Å²) in [6.07, 6.45) is 2.78. The SMILES string of the molecule is O=C1OCCN(S(=O)(=O)c2ccc(Br)cc2)C12CCCC2. The molecule has 114 valence electrons. The predicted octanol–water partition coefficient (Wildman–Crippen LogP) is 2.31. The van der Waals surface area contributed by atoms with Gasteiger partial charge in [-0.05, 0) is 37.1 Å². The summed E-state index contributed by atoms with van der Waals surface area (Å²) >= 11 is 3.29. The molecule has 2 aliphatic rings. The Balaban J connectivity index is 2.04. The second-order valence-electron chi connectivity index (χ2n) is 5.41. The Morgan fingerprint density at radius 2 is 1.76 bits per heavy atom. The van der Waals surface area contributed by atoms with Crippen LogP contribution in [0.25, 0.3) is 0 Å². The minimum Gasteiger partial charge on any atom is -0.463 e. The first kappa shape index (κ1) is 15.0. The minimum atomic E-state index is -3.69. The van der Waals surface area contributed by atoms with Gasteiger partial charge in [0.15, 0.2) is 0 Å². The standard InChI is InChI=1S/C14H16BrNO4S/c15-11-3-5-12(6-4-11)21(18,19)16-9-10-20-13(17)14(16)7-1-2-8-14/h3-6H,1-2,7-10H2. The number of hydrogen-bond acceptors (Lipinski definition) is 4. The van der Waals surface area contributed by atoms with Crippen LogP contribution in [0, 0.1) is 0 Å². The fourth-order valence-corrected chi connectivity index (χ4v) is 5.20. The minimum absolute atomic E-state index is 0.121. The third kappa shape index (κ3) is 2.41. The molecule has 1 saturated carbocycles. The van der Waals surface area contributed by atoms with Gasteiger partial charge in [0.2, 0.25) is 10.0 Å². The highest BCUT2D eigenvalue weighted by molar-refractivity contribution is 9.10. The van der Waals surface area contributed by atoms with Gasteiger partial charge >= 0.3 is 5.97 Å². The number of esters is 1. The molecule has 0 atom stereocenters. The average Bonchev–Trinajstić information content (AvgIpc) is 2.92. The summed E-state index contributed by atoms with van der Waals surface area (Å²) in [5.41, 5.74) is -0.996. The largest absolute Gasteiger partial charge is 0.463 e. The van der Waals surface area contributed by atoms with Crippen molar-refractivity contribution in [1.82, 2.24) is 4.31 Å². The number of rotatable bonds is 2. The van der Waals surface area contributed by atoms with E-state index in [1.54, 1.807) is 24.3 Å². The lowest BCUT2D eigenvalue weighted by molar-refractivity contribution is -0.162. The van der Waals surface area contributed by atoms with Crippen LogP contribution in [0.3, 0.4) is 0 Å².